The number of rotatable bonds is 2. The van der Waals surface area contributed by atoms with Crippen molar-refractivity contribution in [3.63, 3.8) is 0 Å². The number of amides is 1. The Hall–Kier alpha value is -2.34. The van der Waals surface area contributed by atoms with Crippen LogP contribution in [0.15, 0.2) is 24.4 Å². The van der Waals surface area contributed by atoms with Gasteiger partial charge in [-0.15, -0.1) is 11.3 Å². The van der Waals surface area contributed by atoms with Crippen LogP contribution >= 0.6 is 11.3 Å². The highest BCUT2D eigenvalue weighted by atomic mass is 32.1. The second-order valence-corrected chi connectivity index (χ2v) is 6.15. The first kappa shape index (κ1) is 13.6. The van der Waals surface area contributed by atoms with Crippen LogP contribution in [0, 0.1) is 13.8 Å². The molecular weight excluding hydrogens is 284 g/mol. The van der Waals surface area contributed by atoms with Gasteiger partial charge in [0, 0.05) is 23.3 Å². The van der Waals surface area contributed by atoms with Crippen molar-refractivity contribution in [1.82, 2.24) is 9.78 Å². The molecule has 0 atom stereocenters. The van der Waals surface area contributed by atoms with Gasteiger partial charge in [0.2, 0.25) is 0 Å². The number of hydrogen-bond acceptors (Lipinski definition) is 4. The van der Waals surface area contributed by atoms with E-state index in [1.807, 2.05) is 39.1 Å². The second kappa shape index (κ2) is 4.89. The summed E-state index contributed by atoms with van der Waals surface area (Å²) in [7, 11) is 1.82. The van der Waals surface area contributed by atoms with E-state index in [0.717, 1.165) is 21.3 Å². The highest BCUT2D eigenvalue weighted by Gasteiger charge is 2.17. The van der Waals surface area contributed by atoms with E-state index in [4.69, 9.17) is 5.73 Å². The Bertz CT molecular complexity index is 847. The molecule has 0 aliphatic carbocycles. The monoisotopic (exact) mass is 300 g/mol. The quantitative estimate of drug-likeness (QED) is 0.764. The lowest BCUT2D eigenvalue weighted by atomic mass is 10.1. The van der Waals surface area contributed by atoms with Crippen LogP contribution < -0.4 is 11.1 Å². The Morgan fingerprint density at radius 1 is 1.38 bits per heavy atom. The van der Waals surface area contributed by atoms with Gasteiger partial charge in [-0.2, -0.15) is 5.10 Å². The lowest BCUT2D eigenvalue weighted by molar-refractivity contribution is 0.103. The number of hydrogen-bond donors (Lipinski definition) is 2. The Kier molecular flexibility index (Phi) is 3.17. The summed E-state index contributed by atoms with van der Waals surface area (Å²) >= 11 is 1.41. The molecule has 3 aromatic rings. The van der Waals surface area contributed by atoms with E-state index in [0.29, 0.717) is 16.3 Å². The molecule has 0 spiro atoms. The Balaban J connectivity index is 1.98. The van der Waals surface area contributed by atoms with Crippen LogP contribution in [0.3, 0.4) is 0 Å². The number of nitrogens with two attached hydrogens (primary N) is 1. The first-order chi connectivity index (χ1) is 9.95. The Labute approximate surface area is 126 Å². The molecule has 3 rings (SSSR count). The van der Waals surface area contributed by atoms with Crippen molar-refractivity contribution < 1.29 is 4.79 Å². The van der Waals surface area contributed by atoms with Gasteiger partial charge < -0.3 is 11.1 Å². The molecule has 6 heteroatoms. The normalized spacial score (nSPS) is 11.0. The Morgan fingerprint density at radius 2 is 2.14 bits per heavy atom. The molecule has 1 aromatic carbocycles. The molecule has 2 heterocycles. The molecule has 0 bridgehead atoms. The fourth-order valence-electron chi connectivity index (χ4n) is 2.29. The zero-order chi connectivity index (χ0) is 15.1. The molecule has 0 aliphatic rings. The summed E-state index contributed by atoms with van der Waals surface area (Å²) in [5.74, 6) is -0.192. The summed E-state index contributed by atoms with van der Waals surface area (Å²) in [6.07, 6.45) is 1.78. The van der Waals surface area contributed by atoms with E-state index in [9.17, 15) is 4.79 Å². The van der Waals surface area contributed by atoms with Crippen molar-refractivity contribution in [2.75, 3.05) is 11.1 Å². The number of nitrogens with one attached hydrogen (secondary N) is 1. The van der Waals surface area contributed by atoms with Gasteiger partial charge in [0.1, 0.15) is 4.88 Å². The maximum absolute atomic E-state index is 12.4. The SMILES string of the molecule is Cc1ccc2c(N)c(C(=O)Nc3cn(C)nc3C)sc2c1. The van der Waals surface area contributed by atoms with Gasteiger partial charge in [0.15, 0.2) is 0 Å². The highest BCUT2D eigenvalue weighted by Crippen LogP contribution is 2.34. The minimum atomic E-state index is -0.192. The van der Waals surface area contributed by atoms with Crippen LogP contribution in [-0.4, -0.2) is 15.7 Å². The average molecular weight is 300 g/mol. The summed E-state index contributed by atoms with van der Waals surface area (Å²) < 4.78 is 2.70. The maximum Gasteiger partial charge on any atom is 0.267 e. The van der Waals surface area contributed by atoms with E-state index in [1.165, 1.54) is 11.3 Å². The molecule has 21 heavy (non-hydrogen) atoms. The largest absolute Gasteiger partial charge is 0.397 e. The molecule has 0 radical (unpaired) electrons. The van der Waals surface area contributed by atoms with Gasteiger partial charge in [-0.05, 0) is 25.5 Å². The van der Waals surface area contributed by atoms with Crippen molar-refractivity contribution in [3.05, 3.63) is 40.5 Å². The van der Waals surface area contributed by atoms with Gasteiger partial charge >= 0.3 is 0 Å². The van der Waals surface area contributed by atoms with Crippen LogP contribution in [0.2, 0.25) is 0 Å². The van der Waals surface area contributed by atoms with Crippen LogP contribution in [0.4, 0.5) is 11.4 Å². The average Bonchev–Trinajstić information content (AvgIpc) is 2.90. The summed E-state index contributed by atoms with van der Waals surface area (Å²) in [6, 6.07) is 6.00. The molecule has 3 N–H and O–H groups in total. The first-order valence-electron chi connectivity index (χ1n) is 6.56. The topological polar surface area (TPSA) is 72.9 Å². The van der Waals surface area contributed by atoms with Crippen molar-refractivity contribution in [2.45, 2.75) is 13.8 Å². The van der Waals surface area contributed by atoms with Gasteiger partial charge in [-0.1, -0.05) is 12.1 Å². The van der Waals surface area contributed by atoms with Crippen molar-refractivity contribution in [1.29, 1.82) is 0 Å². The van der Waals surface area contributed by atoms with E-state index in [-0.39, 0.29) is 5.91 Å². The highest BCUT2D eigenvalue weighted by molar-refractivity contribution is 7.21. The number of carbonyl (C=O) groups is 1. The smallest absolute Gasteiger partial charge is 0.267 e. The molecule has 0 unspecified atom stereocenters. The third-order valence-electron chi connectivity index (χ3n) is 3.35. The summed E-state index contributed by atoms with van der Waals surface area (Å²) in [4.78, 5) is 13.0. The van der Waals surface area contributed by atoms with Crippen LogP contribution in [0.25, 0.3) is 10.1 Å². The number of nitrogens with zero attached hydrogens (tertiary/aromatic N) is 2. The molecule has 0 fully saturated rings. The number of nitrogen functional groups attached to an aromatic ring is 1. The number of thiophene rings is 1. The van der Waals surface area contributed by atoms with Gasteiger partial charge in [-0.25, -0.2) is 0 Å². The van der Waals surface area contributed by atoms with E-state index in [1.54, 1.807) is 10.9 Å². The second-order valence-electron chi connectivity index (χ2n) is 5.10. The van der Waals surface area contributed by atoms with Crippen LogP contribution in [-0.2, 0) is 7.05 Å². The Morgan fingerprint density at radius 3 is 2.81 bits per heavy atom. The third kappa shape index (κ3) is 2.38. The zero-order valence-electron chi connectivity index (χ0n) is 12.1. The van der Waals surface area contributed by atoms with Crippen molar-refractivity contribution in [3.8, 4) is 0 Å². The molecule has 0 saturated carbocycles. The zero-order valence-corrected chi connectivity index (χ0v) is 12.9. The molecule has 0 aliphatic heterocycles. The number of aromatic nitrogens is 2. The van der Waals surface area contributed by atoms with Crippen molar-refractivity contribution >= 4 is 38.7 Å². The van der Waals surface area contributed by atoms with E-state index >= 15 is 0 Å². The predicted octanol–water partition coefficient (Wildman–Crippen LogP) is 3.09. The lowest BCUT2D eigenvalue weighted by Crippen LogP contribution is -2.12. The number of benzene rings is 1. The summed E-state index contributed by atoms with van der Waals surface area (Å²) in [5, 5.41) is 8.01. The molecule has 2 aromatic heterocycles. The van der Waals surface area contributed by atoms with Crippen LogP contribution in [0.1, 0.15) is 20.9 Å². The minimum Gasteiger partial charge on any atom is -0.397 e. The predicted molar refractivity (Wildman–Crippen MR) is 86.9 cm³/mol. The van der Waals surface area contributed by atoms with Crippen molar-refractivity contribution in [2.24, 2.45) is 7.05 Å². The number of aryl methyl sites for hydroxylation is 3. The van der Waals surface area contributed by atoms with Crippen LogP contribution in [0.5, 0.6) is 0 Å². The van der Waals surface area contributed by atoms with Gasteiger partial charge in [0.05, 0.1) is 17.1 Å². The maximum atomic E-state index is 12.4. The fourth-order valence-corrected chi connectivity index (χ4v) is 3.41. The standard InChI is InChI=1S/C15H16N4OS/c1-8-4-5-10-12(6-8)21-14(13(10)16)15(20)17-11-7-19(3)18-9(11)2/h4-7H,16H2,1-3H3,(H,17,20). The lowest BCUT2D eigenvalue weighted by Gasteiger charge is -2.02. The van der Waals surface area contributed by atoms with Gasteiger partial charge in [-0.3, -0.25) is 9.48 Å². The molecule has 1 amide bonds. The summed E-state index contributed by atoms with van der Waals surface area (Å²) in [5.41, 5.74) is 9.29. The third-order valence-corrected chi connectivity index (χ3v) is 4.52. The van der Waals surface area contributed by atoms with E-state index < -0.39 is 0 Å². The minimum absolute atomic E-state index is 0.192. The molecule has 108 valence electrons. The first-order valence-corrected chi connectivity index (χ1v) is 7.37. The number of fused-ring (bicyclic) bond motifs is 1. The fraction of sp³-hybridized carbons (Fsp3) is 0.200. The van der Waals surface area contributed by atoms with Gasteiger partial charge in [0.25, 0.3) is 5.91 Å². The number of carbonyl (C=O) groups excluding carboxylic acids is 1. The number of anilines is 2. The summed E-state index contributed by atoms with van der Waals surface area (Å²) in [6.45, 7) is 3.88. The molecule has 0 saturated heterocycles. The molecule has 5 nitrogen and oxygen atoms in total. The molecular formula is C15H16N4OS. The van der Waals surface area contributed by atoms with E-state index in [2.05, 4.69) is 10.4 Å².